The Bertz CT molecular complexity index is 483. The normalized spacial score (nSPS) is 16.0. The molecule has 1 aromatic heterocycles. The minimum Gasteiger partial charge on any atom is -0.461 e. The van der Waals surface area contributed by atoms with Gasteiger partial charge in [0.2, 0.25) is 5.91 Å². The first-order valence-corrected chi connectivity index (χ1v) is 7.67. The number of likely N-dealkylation sites (tertiary alicyclic amines) is 1. The fourth-order valence-corrected chi connectivity index (χ4v) is 2.92. The van der Waals surface area contributed by atoms with Crippen LogP contribution in [0.5, 0.6) is 0 Å². The molecular weight excluding hydrogens is 278 g/mol. The number of hydrogen-bond acceptors (Lipinski definition) is 6. The van der Waals surface area contributed by atoms with Gasteiger partial charge in [0.15, 0.2) is 5.69 Å². The van der Waals surface area contributed by atoms with Gasteiger partial charge in [0.25, 0.3) is 0 Å². The molecule has 2 rings (SSSR count). The first kappa shape index (κ1) is 14.8. The van der Waals surface area contributed by atoms with E-state index in [9.17, 15) is 9.59 Å². The Morgan fingerprint density at radius 2 is 2.20 bits per heavy atom. The lowest BCUT2D eigenvalue weighted by Crippen LogP contribution is -2.39. The molecule has 0 saturated carbocycles. The van der Waals surface area contributed by atoms with Crippen molar-refractivity contribution >= 4 is 28.2 Å². The number of carbonyl (C=O) groups excluding carboxylic acids is 2. The van der Waals surface area contributed by atoms with Gasteiger partial charge in [-0.05, 0) is 26.7 Å². The summed E-state index contributed by atoms with van der Waals surface area (Å²) in [5.74, 6) is -0.400. The molecule has 7 heteroatoms. The highest BCUT2D eigenvalue weighted by molar-refractivity contribution is 7.14. The van der Waals surface area contributed by atoms with E-state index in [4.69, 9.17) is 4.74 Å². The minimum atomic E-state index is -0.461. The number of aromatic nitrogens is 1. The van der Waals surface area contributed by atoms with Crippen molar-refractivity contribution in [2.24, 2.45) is 0 Å². The summed E-state index contributed by atoms with van der Waals surface area (Å²) in [4.78, 5) is 29.8. The van der Waals surface area contributed by atoms with Crippen molar-refractivity contribution in [1.29, 1.82) is 0 Å². The number of hydrogen-bond donors (Lipinski definition) is 1. The maximum Gasteiger partial charge on any atom is 0.360 e. The third-order valence-corrected chi connectivity index (χ3v) is 3.93. The number of esters is 1. The van der Waals surface area contributed by atoms with E-state index in [-0.39, 0.29) is 17.6 Å². The SMILES string of the molecule is CCOC(=O)c1ncsc1NC(C)C(=O)N1CCCC1. The fraction of sp³-hybridized carbons (Fsp3) is 0.615. The molecule has 0 bridgehead atoms. The molecule has 0 spiro atoms. The summed E-state index contributed by atoms with van der Waals surface area (Å²) in [6.07, 6.45) is 2.13. The maximum atomic E-state index is 12.2. The fourth-order valence-electron chi connectivity index (χ4n) is 2.16. The van der Waals surface area contributed by atoms with Gasteiger partial charge >= 0.3 is 5.97 Å². The highest BCUT2D eigenvalue weighted by Crippen LogP contribution is 2.22. The molecule has 6 nitrogen and oxygen atoms in total. The van der Waals surface area contributed by atoms with Crippen LogP contribution in [0.2, 0.25) is 0 Å². The maximum absolute atomic E-state index is 12.2. The molecule has 1 amide bonds. The molecule has 0 radical (unpaired) electrons. The summed E-state index contributed by atoms with van der Waals surface area (Å²) in [5.41, 5.74) is 1.82. The second-order valence-corrected chi connectivity index (χ2v) is 5.50. The Hall–Kier alpha value is -1.63. The number of amides is 1. The molecule has 1 aromatic rings. The second-order valence-electron chi connectivity index (χ2n) is 4.65. The molecule has 1 atom stereocenters. The van der Waals surface area contributed by atoms with Crippen molar-refractivity contribution in [3.05, 3.63) is 11.2 Å². The molecule has 110 valence electrons. The average Bonchev–Trinajstić information content (AvgIpc) is 3.09. The van der Waals surface area contributed by atoms with Crippen LogP contribution in [0.3, 0.4) is 0 Å². The van der Waals surface area contributed by atoms with E-state index < -0.39 is 5.97 Å². The van der Waals surface area contributed by atoms with Gasteiger partial charge in [0.1, 0.15) is 11.0 Å². The van der Waals surface area contributed by atoms with Crippen molar-refractivity contribution in [2.75, 3.05) is 25.0 Å². The van der Waals surface area contributed by atoms with Gasteiger partial charge < -0.3 is 15.0 Å². The molecule has 1 unspecified atom stereocenters. The Balaban J connectivity index is 2.00. The second kappa shape index (κ2) is 6.69. The van der Waals surface area contributed by atoms with Gasteiger partial charge in [-0.3, -0.25) is 4.79 Å². The van der Waals surface area contributed by atoms with Gasteiger partial charge in [0.05, 0.1) is 12.1 Å². The van der Waals surface area contributed by atoms with Crippen molar-refractivity contribution in [3.63, 3.8) is 0 Å². The topological polar surface area (TPSA) is 71.5 Å². The molecule has 1 fully saturated rings. The first-order chi connectivity index (χ1) is 9.63. The lowest BCUT2D eigenvalue weighted by atomic mass is 10.3. The van der Waals surface area contributed by atoms with Crippen molar-refractivity contribution < 1.29 is 14.3 Å². The first-order valence-electron chi connectivity index (χ1n) is 6.79. The number of anilines is 1. The quantitative estimate of drug-likeness (QED) is 0.838. The summed E-state index contributed by atoms with van der Waals surface area (Å²) in [6.45, 7) is 5.49. The standard InChI is InChI=1S/C13H19N3O3S/c1-3-19-13(18)10-11(20-8-14-10)15-9(2)12(17)16-6-4-5-7-16/h8-9,15H,3-7H2,1-2H3. The van der Waals surface area contributed by atoms with Crippen LogP contribution in [-0.2, 0) is 9.53 Å². The highest BCUT2D eigenvalue weighted by atomic mass is 32.1. The van der Waals surface area contributed by atoms with Crippen LogP contribution in [-0.4, -0.2) is 47.5 Å². The monoisotopic (exact) mass is 297 g/mol. The highest BCUT2D eigenvalue weighted by Gasteiger charge is 2.25. The van der Waals surface area contributed by atoms with Gasteiger partial charge in [-0.1, -0.05) is 0 Å². The lowest BCUT2D eigenvalue weighted by molar-refractivity contribution is -0.130. The average molecular weight is 297 g/mol. The van der Waals surface area contributed by atoms with Crippen LogP contribution in [0, 0.1) is 0 Å². The Labute approximate surface area is 122 Å². The number of rotatable bonds is 5. The Morgan fingerprint density at radius 1 is 1.50 bits per heavy atom. The van der Waals surface area contributed by atoms with Crippen molar-refractivity contribution in [1.82, 2.24) is 9.88 Å². The van der Waals surface area contributed by atoms with Crippen molar-refractivity contribution in [2.45, 2.75) is 32.7 Å². The predicted molar refractivity (Wildman–Crippen MR) is 77.0 cm³/mol. The molecule has 1 aliphatic heterocycles. The van der Waals surface area contributed by atoms with Gasteiger partial charge in [-0.2, -0.15) is 0 Å². The van der Waals surface area contributed by atoms with Gasteiger partial charge in [-0.25, -0.2) is 9.78 Å². The van der Waals surface area contributed by atoms with E-state index in [1.165, 1.54) is 11.3 Å². The van der Waals surface area contributed by atoms with E-state index >= 15 is 0 Å². The molecule has 1 aliphatic rings. The number of nitrogens with one attached hydrogen (secondary N) is 1. The summed E-state index contributed by atoms with van der Waals surface area (Å²) in [7, 11) is 0. The lowest BCUT2D eigenvalue weighted by Gasteiger charge is -2.21. The molecule has 0 aromatic carbocycles. The van der Waals surface area contributed by atoms with Gasteiger partial charge in [-0.15, -0.1) is 11.3 Å². The van der Waals surface area contributed by atoms with E-state index in [0.29, 0.717) is 11.6 Å². The van der Waals surface area contributed by atoms with Crippen LogP contribution >= 0.6 is 11.3 Å². The zero-order valence-corrected chi connectivity index (χ0v) is 12.5. The Morgan fingerprint density at radius 3 is 2.85 bits per heavy atom. The van der Waals surface area contributed by atoms with Crippen LogP contribution in [0.4, 0.5) is 5.00 Å². The zero-order chi connectivity index (χ0) is 14.5. The van der Waals surface area contributed by atoms with Crippen molar-refractivity contribution in [3.8, 4) is 0 Å². The third-order valence-electron chi connectivity index (χ3n) is 3.17. The number of carbonyl (C=O) groups is 2. The Kier molecular flexibility index (Phi) is 4.94. The van der Waals surface area contributed by atoms with E-state index in [1.807, 2.05) is 4.90 Å². The molecular formula is C13H19N3O3S. The number of nitrogens with zero attached hydrogens (tertiary/aromatic N) is 2. The van der Waals surface area contributed by atoms with Crippen LogP contribution in [0.15, 0.2) is 5.51 Å². The van der Waals surface area contributed by atoms with E-state index in [1.54, 1.807) is 19.4 Å². The third kappa shape index (κ3) is 3.27. The largest absolute Gasteiger partial charge is 0.461 e. The summed E-state index contributed by atoms with van der Waals surface area (Å²) in [5, 5.41) is 3.66. The molecule has 20 heavy (non-hydrogen) atoms. The number of thiazole rings is 1. The molecule has 2 heterocycles. The summed E-state index contributed by atoms with van der Waals surface area (Å²) >= 11 is 1.30. The van der Waals surface area contributed by atoms with E-state index in [2.05, 4.69) is 10.3 Å². The summed E-state index contributed by atoms with van der Waals surface area (Å²) < 4.78 is 4.94. The molecule has 0 aliphatic carbocycles. The predicted octanol–water partition coefficient (Wildman–Crippen LogP) is 1.74. The minimum absolute atomic E-state index is 0.0608. The van der Waals surface area contributed by atoms with Crippen LogP contribution in [0.1, 0.15) is 37.2 Å². The number of ether oxygens (including phenoxy) is 1. The smallest absolute Gasteiger partial charge is 0.360 e. The summed E-state index contributed by atoms with van der Waals surface area (Å²) in [6, 6.07) is -0.373. The van der Waals surface area contributed by atoms with Crippen LogP contribution in [0.25, 0.3) is 0 Å². The molecule has 1 N–H and O–H groups in total. The molecule has 1 saturated heterocycles. The van der Waals surface area contributed by atoms with E-state index in [0.717, 1.165) is 25.9 Å². The van der Waals surface area contributed by atoms with Crippen LogP contribution < -0.4 is 5.32 Å². The van der Waals surface area contributed by atoms with Gasteiger partial charge in [0, 0.05) is 13.1 Å². The zero-order valence-electron chi connectivity index (χ0n) is 11.7.